The first-order valence-corrected chi connectivity index (χ1v) is 8.99. The molecule has 2 nitrogen and oxygen atoms in total. The van der Waals surface area contributed by atoms with Gasteiger partial charge >= 0.3 is 0 Å². The van der Waals surface area contributed by atoms with Gasteiger partial charge in [-0.3, -0.25) is 0 Å². The highest BCUT2D eigenvalue weighted by Crippen LogP contribution is 2.31. The molecule has 0 N–H and O–H groups in total. The molecule has 0 aliphatic carbocycles. The number of hydrogen-bond acceptors (Lipinski definition) is 2. The van der Waals surface area contributed by atoms with Crippen LogP contribution in [-0.4, -0.2) is 37.6 Å². The molecule has 3 rings (SSSR count). The van der Waals surface area contributed by atoms with Crippen molar-refractivity contribution in [1.82, 2.24) is 4.90 Å². The first-order chi connectivity index (χ1) is 10.3. The first-order valence-electron chi connectivity index (χ1n) is 8.08. The Hall–Kier alpha value is -0.440. The minimum atomic E-state index is 0.526. The minimum Gasteiger partial charge on any atom is -0.370 e. The summed E-state index contributed by atoms with van der Waals surface area (Å²) in [6.07, 6.45) is 5.34. The second kappa shape index (κ2) is 7.21. The molecule has 116 valence electrons. The second-order valence-corrected chi connectivity index (χ2v) is 7.03. The van der Waals surface area contributed by atoms with Gasteiger partial charge in [0.15, 0.2) is 0 Å². The zero-order valence-electron chi connectivity index (χ0n) is 12.5. The van der Waals surface area contributed by atoms with E-state index in [1.54, 1.807) is 0 Å². The van der Waals surface area contributed by atoms with Gasteiger partial charge in [0.05, 0.1) is 10.7 Å². The number of piperidine rings is 1. The highest BCUT2D eigenvalue weighted by molar-refractivity contribution is 6.33. The Labute approximate surface area is 138 Å². The molecule has 4 heteroatoms. The molecule has 0 aromatic heterocycles. The number of benzene rings is 1. The van der Waals surface area contributed by atoms with Crippen LogP contribution >= 0.6 is 23.2 Å². The van der Waals surface area contributed by atoms with Crippen molar-refractivity contribution in [2.75, 3.05) is 37.6 Å². The molecular formula is C17H24Cl2N2. The Bertz CT molecular complexity index is 464. The summed E-state index contributed by atoms with van der Waals surface area (Å²) in [5.74, 6) is 1.39. The summed E-state index contributed by atoms with van der Waals surface area (Å²) in [4.78, 5) is 5.07. The lowest BCUT2D eigenvalue weighted by molar-refractivity contribution is 0.249. The Balaban J connectivity index is 1.55. The van der Waals surface area contributed by atoms with Crippen molar-refractivity contribution < 1.29 is 0 Å². The molecule has 0 unspecified atom stereocenters. The van der Waals surface area contributed by atoms with Crippen LogP contribution in [0.3, 0.4) is 0 Å². The Kier molecular flexibility index (Phi) is 5.31. The number of halogens is 2. The van der Waals surface area contributed by atoms with Gasteiger partial charge in [-0.1, -0.05) is 17.7 Å². The molecule has 1 aromatic rings. The van der Waals surface area contributed by atoms with Crippen LogP contribution in [-0.2, 0) is 5.88 Å². The Morgan fingerprint density at radius 1 is 1.05 bits per heavy atom. The van der Waals surface area contributed by atoms with Gasteiger partial charge in [-0.2, -0.15) is 0 Å². The van der Waals surface area contributed by atoms with E-state index in [9.17, 15) is 0 Å². The molecule has 2 fully saturated rings. The van der Waals surface area contributed by atoms with Crippen molar-refractivity contribution >= 4 is 28.9 Å². The smallest absolute Gasteiger partial charge is 0.0642 e. The van der Waals surface area contributed by atoms with Gasteiger partial charge in [0.1, 0.15) is 0 Å². The Morgan fingerprint density at radius 2 is 1.76 bits per heavy atom. The summed E-state index contributed by atoms with van der Waals surface area (Å²) < 4.78 is 0. The number of likely N-dealkylation sites (tertiary alicyclic amines) is 1. The molecule has 0 spiro atoms. The molecule has 2 saturated heterocycles. The van der Waals surface area contributed by atoms with E-state index in [-0.39, 0.29) is 0 Å². The van der Waals surface area contributed by atoms with Crippen molar-refractivity contribution in [3.63, 3.8) is 0 Å². The predicted molar refractivity (Wildman–Crippen MR) is 91.6 cm³/mol. The molecule has 2 heterocycles. The van der Waals surface area contributed by atoms with Gasteiger partial charge in [0.2, 0.25) is 0 Å². The largest absolute Gasteiger partial charge is 0.370 e. The zero-order valence-corrected chi connectivity index (χ0v) is 14.0. The van der Waals surface area contributed by atoms with Crippen LogP contribution in [0.4, 0.5) is 5.69 Å². The Morgan fingerprint density at radius 3 is 2.38 bits per heavy atom. The van der Waals surface area contributed by atoms with Crippen molar-refractivity contribution in [2.24, 2.45) is 5.92 Å². The molecule has 2 aliphatic rings. The molecule has 0 amide bonds. The van der Waals surface area contributed by atoms with E-state index in [1.165, 1.54) is 51.0 Å². The summed E-state index contributed by atoms with van der Waals surface area (Å²) in [5, 5.41) is 0.839. The van der Waals surface area contributed by atoms with Gasteiger partial charge < -0.3 is 9.80 Å². The fourth-order valence-electron chi connectivity index (χ4n) is 3.58. The van der Waals surface area contributed by atoms with Crippen LogP contribution < -0.4 is 4.90 Å². The highest BCUT2D eigenvalue weighted by Gasteiger charge is 2.23. The van der Waals surface area contributed by atoms with Crippen molar-refractivity contribution in [2.45, 2.75) is 31.6 Å². The van der Waals surface area contributed by atoms with Gasteiger partial charge in [-0.05, 0) is 62.4 Å². The van der Waals surface area contributed by atoms with Crippen LogP contribution in [0.25, 0.3) is 0 Å². The molecule has 21 heavy (non-hydrogen) atoms. The lowest BCUT2D eigenvalue weighted by Crippen LogP contribution is -2.38. The predicted octanol–water partition coefficient (Wildman–Crippen LogP) is 4.39. The molecule has 0 atom stereocenters. The van der Waals surface area contributed by atoms with Gasteiger partial charge in [0, 0.05) is 25.5 Å². The van der Waals surface area contributed by atoms with Gasteiger partial charge in [-0.25, -0.2) is 0 Å². The van der Waals surface area contributed by atoms with E-state index in [0.717, 1.165) is 29.6 Å². The molecular weight excluding hydrogens is 303 g/mol. The monoisotopic (exact) mass is 326 g/mol. The maximum atomic E-state index is 6.41. The topological polar surface area (TPSA) is 6.48 Å². The third-order valence-electron chi connectivity index (χ3n) is 4.84. The molecule has 0 bridgehead atoms. The lowest BCUT2D eigenvalue weighted by Gasteiger charge is -2.35. The molecule has 2 aliphatic heterocycles. The summed E-state index contributed by atoms with van der Waals surface area (Å²) in [7, 11) is 0. The quantitative estimate of drug-likeness (QED) is 0.757. The van der Waals surface area contributed by atoms with E-state index in [0.29, 0.717) is 5.88 Å². The maximum absolute atomic E-state index is 6.41. The van der Waals surface area contributed by atoms with Gasteiger partial charge in [-0.15, -0.1) is 11.6 Å². The molecule has 0 radical (unpaired) electrons. The van der Waals surface area contributed by atoms with E-state index in [4.69, 9.17) is 23.2 Å². The van der Waals surface area contributed by atoms with E-state index in [1.807, 2.05) is 6.07 Å². The van der Waals surface area contributed by atoms with E-state index < -0.39 is 0 Å². The second-order valence-electron chi connectivity index (χ2n) is 6.36. The van der Waals surface area contributed by atoms with Crippen LogP contribution in [0, 0.1) is 5.92 Å². The van der Waals surface area contributed by atoms with Crippen molar-refractivity contribution in [1.29, 1.82) is 0 Å². The van der Waals surface area contributed by atoms with Crippen molar-refractivity contribution in [3.8, 4) is 0 Å². The first kappa shape index (κ1) is 15.5. The number of rotatable bonds is 4. The SMILES string of the molecule is ClCc1ccc(N2CCC(CN3CCCC3)CC2)c(Cl)c1. The summed E-state index contributed by atoms with van der Waals surface area (Å²) in [6, 6.07) is 6.21. The van der Waals surface area contributed by atoms with E-state index >= 15 is 0 Å². The van der Waals surface area contributed by atoms with Crippen LogP contribution in [0.5, 0.6) is 0 Å². The van der Waals surface area contributed by atoms with Gasteiger partial charge in [0.25, 0.3) is 0 Å². The third-order valence-corrected chi connectivity index (χ3v) is 5.45. The number of alkyl halides is 1. The number of hydrogen-bond donors (Lipinski definition) is 0. The standard InChI is InChI=1S/C17H24Cl2N2/c18-12-15-3-4-17(16(19)11-15)21-9-5-14(6-10-21)13-20-7-1-2-8-20/h3-4,11,14H,1-2,5-10,12-13H2. The summed E-state index contributed by atoms with van der Waals surface area (Å²) in [6.45, 7) is 6.17. The summed E-state index contributed by atoms with van der Waals surface area (Å²) >= 11 is 12.3. The number of nitrogens with zero attached hydrogens (tertiary/aromatic N) is 2. The zero-order chi connectivity index (χ0) is 14.7. The lowest BCUT2D eigenvalue weighted by atomic mass is 9.96. The van der Waals surface area contributed by atoms with Crippen LogP contribution in [0.2, 0.25) is 5.02 Å². The maximum Gasteiger partial charge on any atom is 0.0642 e. The number of anilines is 1. The summed E-state index contributed by atoms with van der Waals surface area (Å²) in [5.41, 5.74) is 2.26. The minimum absolute atomic E-state index is 0.526. The average molecular weight is 327 g/mol. The third kappa shape index (κ3) is 3.85. The fourth-order valence-corrected chi connectivity index (χ4v) is 4.07. The normalized spacial score (nSPS) is 21.1. The fraction of sp³-hybridized carbons (Fsp3) is 0.647. The molecule has 0 saturated carbocycles. The van der Waals surface area contributed by atoms with Crippen LogP contribution in [0.1, 0.15) is 31.2 Å². The average Bonchev–Trinajstić information content (AvgIpc) is 3.01. The van der Waals surface area contributed by atoms with Crippen LogP contribution in [0.15, 0.2) is 18.2 Å². The molecule has 1 aromatic carbocycles. The van der Waals surface area contributed by atoms with Crippen molar-refractivity contribution in [3.05, 3.63) is 28.8 Å². The highest BCUT2D eigenvalue weighted by atomic mass is 35.5. The van der Waals surface area contributed by atoms with E-state index in [2.05, 4.69) is 21.9 Å².